The molecule has 2 atom stereocenters. The molecule has 0 aliphatic rings. The molecule has 0 saturated heterocycles. The number of carbonyl (C=O) groups excluding carboxylic acids is 1. The van der Waals surface area contributed by atoms with Crippen molar-refractivity contribution in [1.29, 1.82) is 0 Å². The van der Waals surface area contributed by atoms with Crippen molar-refractivity contribution in [3.05, 3.63) is 45.5 Å². The lowest BCUT2D eigenvalue weighted by Crippen LogP contribution is -2.42. The molecule has 1 aromatic carbocycles. The Bertz CT molecular complexity index is 1060. The monoisotopic (exact) mass is 385 g/mol. The summed E-state index contributed by atoms with van der Waals surface area (Å²) in [5.74, 6) is 0.00131. The van der Waals surface area contributed by atoms with Crippen molar-refractivity contribution in [3.63, 3.8) is 0 Å². The second-order valence-electron chi connectivity index (χ2n) is 7.50. The Morgan fingerprint density at radius 1 is 1.21 bits per heavy atom. The minimum atomic E-state index is -0.430. The molecule has 2 N–H and O–H groups in total. The van der Waals surface area contributed by atoms with Gasteiger partial charge in [0.15, 0.2) is 0 Å². The van der Waals surface area contributed by atoms with Crippen molar-refractivity contribution in [2.45, 2.75) is 53.0 Å². The van der Waals surface area contributed by atoms with Crippen LogP contribution in [0.5, 0.6) is 0 Å². The van der Waals surface area contributed by atoms with Crippen LogP contribution in [-0.4, -0.2) is 23.7 Å². The van der Waals surface area contributed by atoms with Crippen LogP contribution in [0.3, 0.4) is 0 Å². The molecule has 150 valence electrons. The number of aliphatic hydroxyl groups is 1. The molecule has 0 spiro atoms. The van der Waals surface area contributed by atoms with E-state index in [1.165, 1.54) is 0 Å². The largest absolute Gasteiger partial charge is 0.464 e. The Kier molecular flexibility index (Phi) is 5.89. The molecular formula is C22H27NO5. The van der Waals surface area contributed by atoms with Crippen molar-refractivity contribution < 1.29 is 18.7 Å². The van der Waals surface area contributed by atoms with E-state index >= 15 is 0 Å². The summed E-state index contributed by atoms with van der Waals surface area (Å²) in [5, 5.41) is 14.2. The molecule has 1 amide bonds. The van der Waals surface area contributed by atoms with Gasteiger partial charge in [0, 0.05) is 28.8 Å². The maximum atomic E-state index is 12.5. The molecule has 3 rings (SSSR count). The third-order valence-electron chi connectivity index (χ3n) is 5.65. The number of aryl methyl sites for hydroxylation is 2. The molecule has 28 heavy (non-hydrogen) atoms. The number of hydrogen-bond acceptors (Lipinski definition) is 5. The Morgan fingerprint density at radius 2 is 1.96 bits per heavy atom. The lowest BCUT2D eigenvalue weighted by atomic mass is 9.98. The van der Waals surface area contributed by atoms with E-state index in [1.54, 1.807) is 12.3 Å². The molecular weight excluding hydrogens is 358 g/mol. The normalized spacial score (nSPS) is 13.8. The number of aliphatic hydroxyl groups excluding tert-OH is 1. The van der Waals surface area contributed by atoms with Crippen LogP contribution in [0, 0.1) is 19.8 Å². The first-order chi connectivity index (χ1) is 13.3. The molecule has 0 saturated carbocycles. The second-order valence-corrected chi connectivity index (χ2v) is 7.50. The van der Waals surface area contributed by atoms with Gasteiger partial charge >= 0.3 is 5.63 Å². The standard InChI is InChI=1S/C22H27NO5/c1-5-12(2)18(10-24)23-21(25)7-6-15-14(4)17-8-16-13(3)11-27-19(16)9-20(17)28-22(15)26/h8-9,11-12,18,24H,5-7,10H2,1-4H3,(H,23,25)/t12-,18+/m0/s1. The van der Waals surface area contributed by atoms with Crippen LogP contribution in [0.15, 0.2) is 32.0 Å². The highest BCUT2D eigenvalue weighted by Crippen LogP contribution is 2.29. The number of nitrogens with one attached hydrogen (secondary N) is 1. The fourth-order valence-corrected chi connectivity index (χ4v) is 3.50. The first kappa shape index (κ1) is 20.1. The lowest BCUT2D eigenvalue weighted by Gasteiger charge is -2.22. The quantitative estimate of drug-likeness (QED) is 0.606. The van der Waals surface area contributed by atoms with E-state index in [0.29, 0.717) is 16.7 Å². The average molecular weight is 385 g/mol. The highest BCUT2D eigenvalue weighted by atomic mass is 16.4. The van der Waals surface area contributed by atoms with Gasteiger partial charge in [0.25, 0.3) is 0 Å². The molecule has 0 aliphatic heterocycles. The number of fused-ring (bicyclic) bond motifs is 2. The van der Waals surface area contributed by atoms with E-state index < -0.39 is 5.63 Å². The van der Waals surface area contributed by atoms with E-state index in [0.717, 1.165) is 28.3 Å². The predicted octanol–water partition coefficient (Wildman–Crippen LogP) is 3.61. The van der Waals surface area contributed by atoms with E-state index in [9.17, 15) is 14.7 Å². The summed E-state index contributed by atoms with van der Waals surface area (Å²) in [4.78, 5) is 24.8. The van der Waals surface area contributed by atoms with Crippen LogP contribution in [0.25, 0.3) is 21.9 Å². The third kappa shape index (κ3) is 3.83. The highest BCUT2D eigenvalue weighted by molar-refractivity contribution is 5.96. The van der Waals surface area contributed by atoms with Crippen LogP contribution in [-0.2, 0) is 11.2 Å². The zero-order chi connectivity index (χ0) is 20.4. The molecule has 2 heterocycles. The van der Waals surface area contributed by atoms with Gasteiger partial charge in [-0.25, -0.2) is 4.79 Å². The van der Waals surface area contributed by atoms with Crippen LogP contribution in [0.1, 0.15) is 43.4 Å². The lowest BCUT2D eigenvalue weighted by molar-refractivity contribution is -0.122. The van der Waals surface area contributed by atoms with Gasteiger partial charge in [-0.3, -0.25) is 4.79 Å². The van der Waals surface area contributed by atoms with Gasteiger partial charge in [0.1, 0.15) is 11.2 Å². The number of benzene rings is 1. The van der Waals surface area contributed by atoms with Gasteiger partial charge < -0.3 is 19.3 Å². The van der Waals surface area contributed by atoms with Gasteiger partial charge in [-0.05, 0) is 43.4 Å². The Balaban J connectivity index is 1.84. The zero-order valence-electron chi connectivity index (χ0n) is 16.8. The smallest absolute Gasteiger partial charge is 0.339 e. The number of furan rings is 1. The summed E-state index contributed by atoms with van der Waals surface area (Å²) in [6.07, 6.45) is 2.99. The first-order valence-corrected chi connectivity index (χ1v) is 9.70. The van der Waals surface area contributed by atoms with Gasteiger partial charge in [-0.15, -0.1) is 0 Å². The summed E-state index contributed by atoms with van der Waals surface area (Å²) in [7, 11) is 0. The molecule has 6 heteroatoms. The van der Waals surface area contributed by atoms with E-state index in [1.807, 2.05) is 33.8 Å². The number of amides is 1. The number of carbonyl (C=O) groups is 1. The maximum absolute atomic E-state index is 12.5. The van der Waals surface area contributed by atoms with Crippen molar-refractivity contribution in [2.75, 3.05) is 6.61 Å². The summed E-state index contributed by atoms with van der Waals surface area (Å²) < 4.78 is 11.0. The molecule has 6 nitrogen and oxygen atoms in total. The Labute approximate surface area is 163 Å². The summed E-state index contributed by atoms with van der Waals surface area (Å²) in [6.45, 7) is 7.75. The molecule has 0 fully saturated rings. The molecule has 0 unspecified atom stereocenters. The summed E-state index contributed by atoms with van der Waals surface area (Å²) in [6, 6.07) is 3.43. The highest BCUT2D eigenvalue weighted by Gasteiger charge is 2.19. The predicted molar refractivity (Wildman–Crippen MR) is 109 cm³/mol. The number of hydrogen-bond donors (Lipinski definition) is 2. The molecule has 3 aromatic rings. The fourth-order valence-electron chi connectivity index (χ4n) is 3.50. The zero-order valence-corrected chi connectivity index (χ0v) is 16.8. The minimum absolute atomic E-state index is 0.0993. The third-order valence-corrected chi connectivity index (χ3v) is 5.65. The van der Waals surface area contributed by atoms with Crippen molar-refractivity contribution >= 4 is 27.8 Å². The molecule has 0 aliphatic carbocycles. The van der Waals surface area contributed by atoms with E-state index in [4.69, 9.17) is 8.83 Å². The fraction of sp³-hybridized carbons (Fsp3) is 0.455. The Hall–Kier alpha value is -2.60. The van der Waals surface area contributed by atoms with Crippen LogP contribution in [0.4, 0.5) is 0 Å². The van der Waals surface area contributed by atoms with Gasteiger partial charge in [0.2, 0.25) is 5.91 Å². The minimum Gasteiger partial charge on any atom is -0.464 e. The van der Waals surface area contributed by atoms with Crippen molar-refractivity contribution in [3.8, 4) is 0 Å². The van der Waals surface area contributed by atoms with E-state index in [-0.39, 0.29) is 37.3 Å². The molecule has 2 aromatic heterocycles. The van der Waals surface area contributed by atoms with Crippen molar-refractivity contribution in [1.82, 2.24) is 5.32 Å². The number of rotatable bonds is 7. The first-order valence-electron chi connectivity index (χ1n) is 9.70. The SMILES string of the molecule is CC[C@H](C)[C@@H](CO)NC(=O)CCc1c(C)c2cc3c(C)coc3cc2oc1=O. The van der Waals surface area contributed by atoms with Crippen LogP contribution in [0.2, 0.25) is 0 Å². The maximum Gasteiger partial charge on any atom is 0.339 e. The van der Waals surface area contributed by atoms with Crippen LogP contribution >= 0.6 is 0 Å². The van der Waals surface area contributed by atoms with Crippen LogP contribution < -0.4 is 10.9 Å². The van der Waals surface area contributed by atoms with E-state index in [2.05, 4.69) is 5.32 Å². The van der Waals surface area contributed by atoms with Crippen molar-refractivity contribution in [2.24, 2.45) is 5.92 Å². The Morgan fingerprint density at radius 3 is 2.64 bits per heavy atom. The van der Waals surface area contributed by atoms with Gasteiger partial charge in [-0.2, -0.15) is 0 Å². The molecule has 0 radical (unpaired) electrons. The second kappa shape index (κ2) is 8.19. The summed E-state index contributed by atoms with van der Waals surface area (Å²) >= 11 is 0. The van der Waals surface area contributed by atoms with Gasteiger partial charge in [0.05, 0.1) is 18.9 Å². The molecule has 0 bridgehead atoms. The topological polar surface area (TPSA) is 92.7 Å². The summed E-state index contributed by atoms with van der Waals surface area (Å²) in [5.41, 5.74) is 3.08. The van der Waals surface area contributed by atoms with Gasteiger partial charge in [-0.1, -0.05) is 20.3 Å². The average Bonchev–Trinajstić information content (AvgIpc) is 3.04.